The maximum Gasteiger partial charge on any atom is 0.387 e. The first-order valence-electron chi connectivity index (χ1n) is 7.93. The summed E-state index contributed by atoms with van der Waals surface area (Å²) in [5, 5.41) is 3.96. The number of aryl methyl sites for hydroxylation is 2. The lowest BCUT2D eigenvalue weighted by Crippen LogP contribution is -2.25. The number of rotatable bonds is 7. The third kappa shape index (κ3) is 5.84. The predicted octanol–water partition coefficient (Wildman–Crippen LogP) is 3.82. The van der Waals surface area contributed by atoms with Crippen LogP contribution < -0.4 is 14.9 Å². The smallest absolute Gasteiger partial charge is 0.387 e. The Kier molecular flexibility index (Phi) is 6.66. The van der Waals surface area contributed by atoms with Gasteiger partial charge in [-0.1, -0.05) is 24.3 Å². The second-order valence-corrected chi connectivity index (χ2v) is 5.70. The second-order valence-electron chi connectivity index (χ2n) is 5.70. The normalized spacial score (nSPS) is 11.4. The van der Waals surface area contributed by atoms with Gasteiger partial charge in [-0.3, -0.25) is 4.79 Å². The van der Waals surface area contributed by atoms with Crippen LogP contribution in [-0.2, 0) is 4.79 Å². The molecule has 0 radical (unpaired) electrons. The molecule has 0 heterocycles. The average molecular weight is 362 g/mol. The van der Waals surface area contributed by atoms with Crippen LogP contribution in [0, 0.1) is 13.8 Å². The van der Waals surface area contributed by atoms with E-state index in [1.54, 1.807) is 19.1 Å². The Morgan fingerprint density at radius 3 is 2.69 bits per heavy atom. The Hall–Kier alpha value is -2.96. The van der Waals surface area contributed by atoms with Crippen molar-refractivity contribution in [1.29, 1.82) is 0 Å². The number of ether oxygens (including phenoxy) is 2. The van der Waals surface area contributed by atoms with Gasteiger partial charge in [-0.05, 0) is 50.1 Å². The van der Waals surface area contributed by atoms with Gasteiger partial charge in [0.25, 0.3) is 5.91 Å². The molecule has 26 heavy (non-hydrogen) atoms. The van der Waals surface area contributed by atoms with Crippen molar-refractivity contribution in [2.45, 2.75) is 27.4 Å². The van der Waals surface area contributed by atoms with Gasteiger partial charge in [0.2, 0.25) is 0 Å². The van der Waals surface area contributed by atoms with E-state index in [1.165, 1.54) is 12.1 Å². The minimum absolute atomic E-state index is 0.0247. The second kappa shape index (κ2) is 8.94. The Morgan fingerprint density at radius 1 is 1.19 bits per heavy atom. The van der Waals surface area contributed by atoms with Crippen LogP contribution in [0.1, 0.15) is 23.6 Å². The predicted molar refractivity (Wildman–Crippen MR) is 94.8 cm³/mol. The van der Waals surface area contributed by atoms with Gasteiger partial charge in [0, 0.05) is 5.56 Å². The first kappa shape index (κ1) is 19.4. The number of alkyl halides is 2. The highest BCUT2D eigenvalue weighted by atomic mass is 19.3. The van der Waals surface area contributed by atoms with E-state index < -0.39 is 12.5 Å². The van der Waals surface area contributed by atoms with Crippen molar-refractivity contribution in [1.82, 2.24) is 5.43 Å². The molecule has 0 fully saturated rings. The van der Waals surface area contributed by atoms with Crippen LogP contribution in [0.4, 0.5) is 8.78 Å². The first-order chi connectivity index (χ1) is 12.3. The van der Waals surface area contributed by atoms with Crippen LogP contribution in [0.2, 0.25) is 0 Å². The zero-order valence-corrected chi connectivity index (χ0v) is 14.8. The van der Waals surface area contributed by atoms with Crippen molar-refractivity contribution >= 4 is 11.6 Å². The minimum atomic E-state index is -2.90. The molecule has 2 rings (SSSR count). The molecular formula is C19H20F2N2O3. The van der Waals surface area contributed by atoms with Gasteiger partial charge in [0.15, 0.2) is 6.61 Å². The van der Waals surface area contributed by atoms with E-state index in [1.807, 2.05) is 32.0 Å². The molecule has 0 saturated carbocycles. The fourth-order valence-electron chi connectivity index (χ4n) is 2.15. The molecule has 0 atom stereocenters. The van der Waals surface area contributed by atoms with E-state index in [0.29, 0.717) is 17.0 Å². The van der Waals surface area contributed by atoms with E-state index in [-0.39, 0.29) is 12.4 Å². The number of benzene rings is 2. The van der Waals surface area contributed by atoms with Crippen LogP contribution in [0.15, 0.2) is 47.6 Å². The lowest BCUT2D eigenvalue weighted by atomic mass is 10.1. The number of carbonyl (C=O) groups is 1. The molecule has 1 N–H and O–H groups in total. The van der Waals surface area contributed by atoms with E-state index in [4.69, 9.17) is 4.74 Å². The zero-order valence-electron chi connectivity index (χ0n) is 14.8. The summed E-state index contributed by atoms with van der Waals surface area (Å²) in [4.78, 5) is 11.9. The lowest BCUT2D eigenvalue weighted by molar-refractivity contribution is -0.123. The van der Waals surface area contributed by atoms with E-state index in [9.17, 15) is 13.6 Å². The first-order valence-corrected chi connectivity index (χ1v) is 7.93. The Bertz CT molecular complexity index is 807. The molecule has 0 aliphatic carbocycles. The molecule has 0 unspecified atom stereocenters. The number of hydrazone groups is 1. The Balaban J connectivity index is 1.93. The summed E-state index contributed by atoms with van der Waals surface area (Å²) in [5.41, 5.74) is 5.35. The van der Waals surface area contributed by atoms with Crippen molar-refractivity contribution in [3.8, 4) is 11.5 Å². The molecule has 2 aromatic carbocycles. The van der Waals surface area contributed by atoms with Crippen molar-refractivity contribution in [3.05, 3.63) is 59.2 Å². The van der Waals surface area contributed by atoms with Gasteiger partial charge in [-0.2, -0.15) is 13.9 Å². The largest absolute Gasteiger partial charge is 0.483 e. The lowest BCUT2D eigenvalue weighted by Gasteiger charge is -2.09. The number of nitrogens with zero attached hydrogens (tertiary/aromatic N) is 1. The number of carbonyl (C=O) groups excluding carboxylic acids is 1. The summed E-state index contributed by atoms with van der Waals surface area (Å²) >= 11 is 0. The van der Waals surface area contributed by atoms with Crippen LogP contribution in [0.25, 0.3) is 0 Å². The number of hydrogen-bond acceptors (Lipinski definition) is 4. The molecular weight excluding hydrogens is 342 g/mol. The topological polar surface area (TPSA) is 59.9 Å². The molecule has 0 aromatic heterocycles. The maximum absolute atomic E-state index is 12.3. The van der Waals surface area contributed by atoms with Crippen LogP contribution in [0.3, 0.4) is 0 Å². The highest BCUT2D eigenvalue weighted by molar-refractivity contribution is 5.99. The van der Waals surface area contributed by atoms with Crippen molar-refractivity contribution < 1.29 is 23.0 Å². The van der Waals surface area contributed by atoms with E-state index in [2.05, 4.69) is 15.3 Å². The van der Waals surface area contributed by atoms with Gasteiger partial charge in [-0.15, -0.1) is 0 Å². The number of hydrogen-bond donors (Lipinski definition) is 1. The molecule has 5 nitrogen and oxygen atoms in total. The summed E-state index contributed by atoms with van der Waals surface area (Å²) in [6, 6.07) is 11.8. The molecule has 7 heteroatoms. The van der Waals surface area contributed by atoms with E-state index >= 15 is 0 Å². The number of amides is 1. The fraction of sp³-hybridized carbons (Fsp3) is 0.263. The fourth-order valence-corrected chi connectivity index (χ4v) is 2.15. The minimum Gasteiger partial charge on any atom is -0.483 e. The Labute approximate surface area is 150 Å². The molecule has 0 bridgehead atoms. The quantitative estimate of drug-likeness (QED) is 0.602. The molecule has 0 aliphatic rings. The van der Waals surface area contributed by atoms with Gasteiger partial charge in [0.05, 0.1) is 5.71 Å². The van der Waals surface area contributed by atoms with Gasteiger partial charge >= 0.3 is 6.61 Å². The highest BCUT2D eigenvalue weighted by Crippen LogP contribution is 2.19. The van der Waals surface area contributed by atoms with Crippen LogP contribution in [0.5, 0.6) is 11.5 Å². The summed E-state index contributed by atoms with van der Waals surface area (Å²) in [5.74, 6) is 0.236. The third-order valence-electron chi connectivity index (χ3n) is 3.53. The summed E-state index contributed by atoms with van der Waals surface area (Å²) < 4.78 is 34.4. The molecule has 0 saturated heterocycles. The number of nitrogens with one attached hydrogen (secondary N) is 1. The molecule has 1 amide bonds. The van der Waals surface area contributed by atoms with Crippen molar-refractivity contribution in [3.63, 3.8) is 0 Å². The maximum atomic E-state index is 12.3. The van der Waals surface area contributed by atoms with Crippen LogP contribution in [-0.4, -0.2) is 24.8 Å². The third-order valence-corrected chi connectivity index (χ3v) is 3.53. The van der Waals surface area contributed by atoms with E-state index in [0.717, 1.165) is 11.1 Å². The summed E-state index contributed by atoms with van der Waals surface area (Å²) in [7, 11) is 0. The van der Waals surface area contributed by atoms with Crippen molar-refractivity contribution in [2.75, 3.05) is 6.61 Å². The average Bonchev–Trinajstić information content (AvgIpc) is 2.60. The zero-order chi connectivity index (χ0) is 19.1. The Morgan fingerprint density at radius 2 is 1.96 bits per heavy atom. The number of halogens is 2. The highest BCUT2D eigenvalue weighted by Gasteiger charge is 2.07. The van der Waals surface area contributed by atoms with Crippen LogP contribution >= 0.6 is 0 Å². The molecule has 0 spiro atoms. The molecule has 0 aliphatic heterocycles. The van der Waals surface area contributed by atoms with Crippen molar-refractivity contribution in [2.24, 2.45) is 5.10 Å². The van der Waals surface area contributed by atoms with Gasteiger partial charge in [0.1, 0.15) is 11.5 Å². The molecule has 138 valence electrons. The van der Waals surface area contributed by atoms with Gasteiger partial charge < -0.3 is 9.47 Å². The standard InChI is InChI=1S/C19H20F2N2O3/c1-12-7-8-13(2)17(9-12)25-11-18(24)23-22-14(3)15-5-4-6-16(10-15)26-19(20)21/h4-10,19H,11H2,1-3H3,(H,23,24)/b22-14-. The SMILES string of the molecule is C/C(=N/NC(=O)COc1cc(C)ccc1C)c1cccc(OC(F)F)c1. The monoisotopic (exact) mass is 362 g/mol. The summed E-state index contributed by atoms with van der Waals surface area (Å²) in [6.45, 7) is 2.39. The van der Waals surface area contributed by atoms with Gasteiger partial charge in [-0.25, -0.2) is 5.43 Å². The molecule has 2 aromatic rings. The summed E-state index contributed by atoms with van der Waals surface area (Å²) in [6.07, 6.45) is 0.